The van der Waals surface area contributed by atoms with Gasteiger partial charge < -0.3 is 5.11 Å². The Hall–Kier alpha value is -0.880. The molecule has 1 unspecified atom stereocenters. The lowest BCUT2D eigenvalue weighted by Crippen LogP contribution is -2.54. The molecule has 1 aromatic heterocycles. The van der Waals surface area contributed by atoms with Gasteiger partial charge in [0.15, 0.2) is 4.34 Å². The molecule has 1 aliphatic heterocycles. The number of thioether (sulfide) groups is 1. The Balaban J connectivity index is 2.36. The van der Waals surface area contributed by atoms with Crippen LogP contribution in [0, 0.1) is 10.1 Å². The van der Waals surface area contributed by atoms with Crippen molar-refractivity contribution < 1.29 is 23.2 Å². The summed E-state index contributed by atoms with van der Waals surface area (Å²) in [6.07, 6.45) is 0.146. The molecular weight excluding hydrogens is 364 g/mol. The number of halogens is 1. The maximum Gasteiger partial charge on any atom is 0.325 e. The predicted octanol–water partition coefficient (Wildman–Crippen LogP) is 1.55. The van der Waals surface area contributed by atoms with Crippen LogP contribution in [0.5, 0.6) is 0 Å². The Labute approximate surface area is 132 Å². The summed E-state index contributed by atoms with van der Waals surface area (Å²) in [6.45, 7) is 0. The number of nitrogens with one attached hydrogen (secondary N) is 1. The van der Waals surface area contributed by atoms with E-state index in [0.29, 0.717) is 17.1 Å². The molecule has 1 atom stereocenters. The highest BCUT2D eigenvalue weighted by Gasteiger charge is 2.46. The van der Waals surface area contributed by atoms with Gasteiger partial charge in [-0.05, 0) is 12.2 Å². The highest BCUT2D eigenvalue weighted by Crippen LogP contribution is 2.37. The molecule has 1 fully saturated rings. The van der Waals surface area contributed by atoms with Gasteiger partial charge in [0.1, 0.15) is 9.75 Å². The monoisotopic (exact) mass is 372 g/mol. The molecule has 0 radical (unpaired) electrons. The van der Waals surface area contributed by atoms with Crippen molar-refractivity contribution in [3.8, 4) is 0 Å². The third kappa shape index (κ3) is 3.16. The first-order valence-corrected chi connectivity index (χ1v) is 9.30. The van der Waals surface area contributed by atoms with Gasteiger partial charge in [-0.1, -0.05) is 11.6 Å². The number of hydrogen-bond donors (Lipinski definition) is 2. The summed E-state index contributed by atoms with van der Waals surface area (Å²) in [7, 11) is -4.20. The average molecular weight is 373 g/mol. The summed E-state index contributed by atoms with van der Waals surface area (Å²) < 4.78 is 26.0. The van der Waals surface area contributed by atoms with Crippen LogP contribution in [0.2, 0.25) is 4.34 Å². The summed E-state index contributed by atoms with van der Waals surface area (Å²) >= 11 is 7.46. The van der Waals surface area contributed by atoms with E-state index >= 15 is 0 Å². The zero-order valence-corrected chi connectivity index (χ0v) is 13.4. The fraction of sp³-hybridized carbons (Fsp3) is 0.444. The minimum Gasteiger partial charge on any atom is -0.480 e. The van der Waals surface area contributed by atoms with Gasteiger partial charge in [-0.25, -0.2) is 8.42 Å². The highest BCUT2D eigenvalue weighted by atomic mass is 35.5. The van der Waals surface area contributed by atoms with E-state index in [1.807, 2.05) is 0 Å². The molecule has 0 saturated carbocycles. The van der Waals surface area contributed by atoms with Crippen molar-refractivity contribution in [1.29, 1.82) is 0 Å². The number of nitro groups is 1. The molecule has 8 nitrogen and oxygen atoms in total. The van der Waals surface area contributed by atoms with Crippen LogP contribution < -0.4 is 4.72 Å². The normalized spacial score (nSPS) is 22.3. The molecule has 0 spiro atoms. The van der Waals surface area contributed by atoms with Crippen LogP contribution in [0.25, 0.3) is 0 Å². The largest absolute Gasteiger partial charge is 0.480 e. The van der Waals surface area contributed by atoms with E-state index in [9.17, 15) is 28.4 Å². The lowest BCUT2D eigenvalue weighted by atomic mass is 10.0. The maximum atomic E-state index is 12.2. The molecule has 1 aliphatic rings. The fourth-order valence-corrected chi connectivity index (χ4v) is 6.23. The van der Waals surface area contributed by atoms with E-state index < -0.39 is 32.1 Å². The van der Waals surface area contributed by atoms with E-state index in [-0.39, 0.29) is 20.7 Å². The second kappa shape index (κ2) is 5.72. The Kier molecular flexibility index (Phi) is 4.49. The van der Waals surface area contributed by atoms with Crippen molar-refractivity contribution in [1.82, 2.24) is 4.72 Å². The number of carbonyl (C=O) groups is 1. The van der Waals surface area contributed by atoms with Crippen LogP contribution in [-0.2, 0) is 14.8 Å². The third-order valence-corrected chi connectivity index (χ3v) is 7.41. The standard InChI is InChI=1S/C9H9ClN2O6S3/c10-7-5(12(15)16)3-6(20-7)21(17,18)11-9(8(13)14)1-2-19-4-9/h3,11H,1-2,4H2,(H,13,14). The summed E-state index contributed by atoms with van der Waals surface area (Å²) in [6, 6.07) is 0.826. The predicted molar refractivity (Wildman–Crippen MR) is 78.6 cm³/mol. The number of carboxylic acid groups (broad SMARTS) is 1. The van der Waals surface area contributed by atoms with Crippen LogP contribution in [0.15, 0.2) is 10.3 Å². The topological polar surface area (TPSA) is 127 Å². The molecule has 0 aliphatic carbocycles. The van der Waals surface area contributed by atoms with Gasteiger partial charge in [-0.2, -0.15) is 16.5 Å². The second-order valence-corrected chi connectivity index (χ2v) is 8.95. The Morgan fingerprint density at radius 1 is 1.57 bits per heavy atom. The molecule has 2 rings (SSSR count). The van der Waals surface area contributed by atoms with Crippen LogP contribution in [0.1, 0.15) is 6.42 Å². The van der Waals surface area contributed by atoms with E-state index in [2.05, 4.69) is 4.72 Å². The van der Waals surface area contributed by atoms with Gasteiger partial charge in [0, 0.05) is 11.8 Å². The number of rotatable bonds is 5. The molecule has 116 valence electrons. The molecular formula is C9H9ClN2O6S3. The van der Waals surface area contributed by atoms with Gasteiger partial charge in [-0.15, -0.1) is 11.3 Å². The van der Waals surface area contributed by atoms with Crippen LogP contribution in [0.3, 0.4) is 0 Å². The molecule has 1 aromatic rings. The van der Waals surface area contributed by atoms with Crippen molar-refractivity contribution >= 4 is 56.4 Å². The highest BCUT2D eigenvalue weighted by molar-refractivity contribution is 7.99. The summed E-state index contributed by atoms with van der Waals surface area (Å²) in [5.74, 6) is -0.656. The molecule has 0 aromatic carbocycles. The summed E-state index contributed by atoms with van der Waals surface area (Å²) in [4.78, 5) is 21.2. The van der Waals surface area contributed by atoms with E-state index in [1.165, 1.54) is 11.8 Å². The van der Waals surface area contributed by atoms with E-state index in [1.54, 1.807) is 0 Å². The first-order valence-electron chi connectivity index (χ1n) is 5.47. The average Bonchev–Trinajstić information content (AvgIpc) is 2.96. The quantitative estimate of drug-likeness (QED) is 0.592. The van der Waals surface area contributed by atoms with Gasteiger partial charge in [0.25, 0.3) is 15.7 Å². The van der Waals surface area contributed by atoms with Crippen LogP contribution >= 0.6 is 34.7 Å². The molecule has 21 heavy (non-hydrogen) atoms. The number of thiophene rings is 1. The maximum absolute atomic E-state index is 12.2. The zero-order valence-electron chi connectivity index (χ0n) is 10.2. The van der Waals surface area contributed by atoms with Gasteiger partial charge >= 0.3 is 5.97 Å². The Bertz CT molecular complexity index is 694. The number of nitrogens with zero attached hydrogens (tertiary/aromatic N) is 1. The number of carboxylic acids is 1. The number of hydrogen-bond acceptors (Lipinski definition) is 7. The van der Waals surface area contributed by atoms with Gasteiger partial charge in [0.2, 0.25) is 0 Å². The molecule has 1 saturated heterocycles. The first-order chi connectivity index (χ1) is 9.68. The van der Waals surface area contributed by atoms with Crippen LogP contribution in [0.4, 0.5) is 5.69 Å². The second-order valence-electron chi connectivity index (χ2n) is 4.28. The molecule has 0 amide bonds. The minimum absolute atomic E-state index is 0.1000. The van der Waals surface area contributed by atoms with Crippen molar-refractivity contribution in [2.75, 3.05) is 11.5 Å². The molecule has 0 bridgehead atoms. The Morgan fingerprint density at radius 3 is 2.67 bits per heavy atom. The first kappa shape index (κ1) is 16.5. The SMILES string of the molecule is O=C(O)C1(NS(=O)(=O)c2cc([N+](=O)[O-])c(Cl)s2)CCSC1. The number of aliphatic carboxylic acids is 1. The minimum atomic E-state index is -4.20. The zero-order chi connectivity index (χ0) is 15.8. The fourth-order valence-electron chi connectivity index (χ4n) is 1.76. The van der Waals surface area contributed by atoms with Gasteiger partial charge in [-0.3, -0.25) is 14.9 Å². The van der Waals surface area contributed by atoms with Crippen LogP contribution in [-0.4, -0.2) is 41.5 Å². The lowest BCUT2D eigenvalue weighted by Gasteiger charge is -2.23. The van der Waals surface area contributed by atoms with Crippen molar-refractivity contribution in [2.24, 2.45) is 0 Å². The summed E-state index contributed by atoms with van der Waals surface area (Å²) in [5.41, 5.74) is -2.11. The smallest absolute Gasteiger partial charge is 0.325 e. The van der Waals surface area contributed by atoms with E-state index in [4.69, 9.17) is 11.6 Å². The van der Waals surface area contributed by atoms with Crippen molar-refractivity contribution in [2.45, 2.75) is 16.2 Å². The molecule has 2 heterocycles. The van der Waals surface area contributed by atoms with Crippen molar-refractivity contribution in [3.05, 3.63) is 20.5 Å². The van der Waals surface area contributed by atoms with Crippen molar-refractivity contribution in [3.63, 3.8) is 0 Å². The molecule has 2 N–H and O–H groups in total. The third-order valence-electron chi connectivity index (χ3n) is 2.87. The van der Waals surface area contributed by atoms with Gasteiger partial charge in [0.05, 0.1) is 4.92 Å². The summed E-state index contributed by atoms with van der Waals surface area (Å²) in [5, 5.41) is 19.9. The lowest BCUT2D eigenvalue weighted by molar-refractivity contribution is -0.384. The Morgan fingerprint density at radius 2 is 2.24 bits per heavy atom. The number of sulfonamides is 1. The van der Waals surface area contributed by atoms with E-state index in [0.717, 1.165) is 6.07 Å². The molecule has 12 heteroatoms.